The minimum Gasteiger partial charge on any atom is -0.462 e. The van der Waals surface area contributed by atoms with Gasteiger partial charge in [-0.2, -0.15) is 0 Å². The van der Waals surface area contributed by atoms with Crippen LogP contribution in [0, 0.1) is 0 Å². The Bertz CT molecular complexity index is 208. The quantitative estimate of drug-likeness (QED) is 0.243. The molecular formula is C8H11BrO3. The summed E-state index contributed by atoms with van der Waals surface area (Å²) in [7, 11) is 0. The Morgan fingerprint density at radius 1 is 1.50 bits per heavy atom. The lowest BCUT2D eigenvalue weighted by Gasteiger charge is -2.02. The zero-order valence-electron chi connectivity index (χ0n) is 7.09. The summed E-state index contributed by atoms with van der Waals surface area (Å²) < 4.78 is 4.67. The average molecular weight is 235 g/mol. The van der Waals surface area contributed by atoms with E-state index in [1.807, 2.05) is 0 Å². The molecule has 0 N–H and O–H groups in total. The largest absolute Gasteiger partial charge is 0.462 e. The van der Waals surface area contributed by atoms with Gasteiger partial charge in [0.05, 0.1) is 17.5 Å². The van der Waals surface area contributed by atoms with Crippen LogP contribution in [0.15, 0.2) is 11.6 Å². The van der Waals surface area contributed by atoms with Crippen molar-refractivity contribution in [2.75, 3.05) is 11.9 Å². The number of carbonyl (C=O) groups excluding carboxylic acids is 2. The molecule has 0 unspecified atom stereocenters. The summed E-state index contributed by atoms with van der Waals surface area (Å²) >= 11 is 2.98. The van der Waals surface area contributed by atoms with Crippen LogP contribution in [0.3, 0.4) is 0 Å². The monoisotopic (exact) mass is 234 g/mol. The molecule has 0 spiro atoms. The molecule has 0 heterocycles. The first-order valence-electron chi connectivity index (χ1n) is 3.59. The van der Waals surface area contributed by atoms with E-state index in [9.17, 15) is 9.59 Å². The summed E-state index contributed by atoms with van der Waals surface area (Å²) in [6.07, 6.45) is 1.46. The maximum absolute atomic E-state index is 11.0. The molecule has 0 fully saturated rings. The van der Waals surface area contributed by atoms with E-state index < -0.39 is 5.97 Å². The molecule has 0 saturated carbocycles. The van der Waals surface area contributed by atoms with Gasteiger partial charge in [0, 0.05) is 0 Å². The highest BCUT2D eigenvalue weighted by molar-refractivity contribution is 9.09. The molecule has 0 aromatic heterocycles. The van der Waals surface area contributed by atoms with Crippen LogP contribution in [0.25, 0.3) is 0 Å². The summed E-state index contributed by atoms with van der Waals surface area (Å²) in [6.45, 7) is 3.61. The molecule has 0 aliphatic heterocycles. The summed E-state index contributed by atoms with van der Waals surface area (Å²) in [5.74, 6) is -0.805. The third-order valence-electron chi connectivity index (χ3n) is 1.21. The highest BCUT2D eigenvalue weighted by atomic mass is 79.9. The number of hydrogen-bond acceptors (Lipinski definition) is 3. The molecule has 3 nitrogen and oxygen atoms in total. The standard InChI is InChI=1S/C8H11BrO3/c1-3-6(7(10)5-9)8(11)12-4-2/h3H,4-5H2,1-2H3/b6-3-. The Hall–Kier alpha value is -0.640. The van der Waals surface area contributed by atoms with Crippen molar-refractivity contribution in [2.45, 2.75) is 13.8 Å². The molecule has 0 bridgehead atoms. The van der Waals surface area contributed by atoms with Gasteiger partial charge in [-0.15, -0.1) is 0 Å². The van der Waals surface area contributed by atoms with Crippen molar-refractivity contribution in [2.24, 2.45) is 0 Å². The van der Waals surface area contributed by atoms with Crippen molar-refractivity contribution in [3.8, 4) is 0 Å². The topological polar surface area (TPSA) is 43.4 Å². The second kappa shape index (κ2) is 5.94. The van der Waals surface area contributed by atoms with Gasteiger partial charge < -0.3 is 4.74 Å². The molecule has 0 radical (unpaired) electrons. The van der Waals surface area contributed by atoms with E-state index in [1.54, 1.807) is 13.8 Å². The van der Waals surface area contributed by atoms with Crippen molar-refractivity contribution in [3.05, 3.63) is 11.6 Å². The maximum Gasteiger partial charge on any atom is 0.341 e. The number of alkyl halides is 1. The van der Waals surface area contributed by atoms with E-state index in [0.29, 0.717) is 0 Å². The van der Waals surface area contributed by atoms with Crippen LogP contribution < -0.4 is 0 Å². The van der Waals surface area contributed by atoms with Gasteiger partial charge in [-0.25, -0.2) is 4.79 Å². The molecule has 0 saturated heterocycles. The molecule has 12 heavy (non-hydrogen) atoms. The molecule has 0 atom stereocenters. The Morgan fingerprint density at radius 2 is 2.08 bits per heavy atom. The normalized spacial score (nSPS) is 11.1. The Morgan fingerprint density at radius 3 is 2.42 bits per heavy atom. The first kappa shape index (κ1) is 11.4. The van der Waals surface area contributed by atoms with Crippen LogP contribution in [-0.4, -0.2) is 23.7 Å². The highest BCUT2D eigenvalue weighted by Gasteiger charge is 2.16. The highest BCUT2D eigenvalue weighted by Crippen LogP contribution is 2.02. The third-order valence-corrected chi connectivity index (χ3v) is 1.72. The lowest BCUT2D eigenvalue weighted by Crippen LogP contribution is -2.16. The van der Waals surface area contributed by atoms with Crippen molar-refractivity contribution < 1.29 is 14.3 Å². The Kier molecular flexibility index (Phi) is 5.62. The molecule has 4 heteroatoms. The van der Waals surface area contributed by atoms with Crippen LogP contribution in [0.5, 0.6) is 0 Å². The molecule has 0 aromatic carbocycles. The number of rotatable bonds is 4. The van der Waals surface area contributed by atoms with Gasteiger partial charge >= 0.3 is 5.97 Å². The number of Topliss-reactive ketones (excluding diaryl/α,β-unsaturated/α-hetero) is 1. The number of hydrogen-bond donors (Lipinski definition) is 0. The lowest BCUT2D eigenvalue weighted by atomic mass is 10.2. The van der Waals surface area contributed by atoms with Crippen LogP contribution in [0.4, 0.5) is 0 Å². The molecule has 68 valence electrons. The zero-order valence-corrected chi connectivity index (χ0v) is 8.68. The van der Waals surface area contributed by atoms with Gasteiger partial charge in [0.25, 0.3) is 0 Å². The van der Waals surface area contributed by atoms with Crippen molar-refractivity contribution in [1.29, 1.82) is 0 Å². The predicted octanol–water partition coefficient (Wildman–Crippen LogP) is 1.46. The van der Waals surface area contributed by atoms with Crippen molar-refractivity contribution in [1.82, 2.24) is 0 Å². The fourth-order valence-corrected chi connectivity index (χ4v) is 0.976. The van der Waals surface area contributed by atoms with E-state index in [1.165, 1.54) is 6.08 Å². The maximum atomic E-state index is 11.0. The van der Waals surface area contributed by atoms with Gasteiger partial charge in [0.15, 0.2) is 5.78 Å². The van der Waals surface area contributed by atoms with E-state index in [-0.39, 0.29) is 23.3 Å². The SMILES string of the molecule is C/C=C(/C(=O)CBr)C(=O)OCC. The van der Waals surface area contributed by atoms with Crippen LogP contribution in [0.2, 0.25) is 0 Å². The molecule has 0 aliphatic rings. The number of ether oxygens (including phenoxy) is 1. The summed E-state index contributed by atoms with van der Waals surface area (Å²) in [5.41, 5.74) is 0.105. The smallest absolute Gasteiger partial charge is 0.341 e. The third kappa shape index (κ3) is 3.17. The van der Waals surface area contributed by atoms with Gasteiger partial charge in [0.2, 0.25) is 0 Å². The van der Waals surface area contributed by atoms with E-state index in [4.69, 9.17) is 0 Å². The molecule has 0 aliphatic carbocycles. The molecule has 0 amide bonds. The minimum atomic E-state index is -0.551. The van der Waals surface area contributed by atoms with Gasteiger partial charge in [-0.1, -0.05) is 22.0 Å². The number of allylic oxidation sites excluding steroid dienone is 1. The fraction of sp³-hybridized carbons (Fsp3) is 0.500. The first-order valence-corrected chi connectivity index (χ1v) is 4.72. The Balaban J connectivity index is 4.37. The van der Waals surface area contributed by atoms with E-state index in [0.717, 1.165) is 0 Å². The fourth-order valence-electron chi connectivity index (χ4n) is 0.674. The molecule has 0 aromatic rings. The lowest BCUT2D eigenvalue weighted by molar-refractivity contribution is -0.139. The Labute approximate surface area is 79.9 Å². The number of carbonyl (C=O) groups is 2. The molecule has 0 rings (SSSR count). The number of halogens is 1. The van der Waals surface area contributed by atoms with Crippen LogP contribution in [0.1, 0.15) is 13.8 Å². The summed E-state index contributed by atoms with van der Waals surface area (Å²) in [6, 6.07) is 0. The summed E-state index contributed by atoms with van der Waals surface area (Å²) in [4.78, 5) is 22.1. The summed E-state index contributed by atoms with van der Waals surface area (Å²) in [5, 5.41) is 0.144. The second-order valence-corrected chi connectivity index (χ2v) is 2.54. The molecular weight excluding hydrogens is 224 g/mol. The number of esters is 1. The van der Waals surface area contributed by atoms with Crippen LogP contribution in [-0.2, 0) is 14.3 Å². The number of ketones is 1. The minimum absolute atomic E-state index is 0.105. The van der Waals surface area contributed by atoms with Crippen molar-refractivity contribution >= 4 is 27.7 Å². The van der Waals surface area contributed by atoms with Crippen LogP contribution >= 0.6 is 15.9 Å². The van der Waals surface area contributed by atoms with E-state index >= 15 is 0 Å². The van der Waals surface area contributed by atoms with E-state index in [2.05, 4.69) is 20.7 Å². The van der Waals surface area contributed by atoms with Gasteiger partial charge in [0.1, 0.15) is 0 Å². The average Bonchev–Trinajstić information content (AvgIpc) is 2.06. The van der Waals surface area contributed by atoms with Gasteiger partial charge in [-0.05, 0) is 13.8 Å². The van der Waals surface area contributed by atoms with Crippen molar-refractivity contribution in [3.63, 3.8) is 0 Å². The predicted molar refractivity (Wildman–Crippen MR) is 49.2 cm³/mol. The zero-order chi connectivity index (χ0) is 9.56. The van der Waals surface area contributed by atoms with Gasteiger partial charge in [-0.3, -0.25) is 4.79 Å². The first-order chi connectivity index (χ1) is 5.67. The second-order valence-electron chi connectivity index (χ2n) is 1.98.